The fraction of sp³-hybridized carbons (Fsp3) is 0.286. The normalized spacial score (nSPS) is 15.4. The van der Waals surface area contributed by atoms with E-state index in [2.05, 4.69) is 21.2 Å². The van der Waals surface area contributed by atoms with Gasteiger partial charge in [0.15, 0.2) is 0 Å². The van der Waals surface area contributed by atoms with Crippen molar-refractivity contribution in [2.75, 3.05) is 25.5 Å². The van der Waals surface area contributed by atoms with Gasteiger partial charge in [0.2, 0.25) is 15.9 Å². The average Bonchev–Trinajstić information content (AvgIpc) is 2.74. The number of amides is 1. The molecule has 6 nitrogen and oxygen atoms in total. The van der Waals surface area contributed by atoms with Crippen LogP contribution in [-0.4, -0.2) is 38.8 Å². The second-order valence-corrected chi connectivity index (χ2v) is 9.53. The summed E-state index contributed by atoms with van der Waals surface area (Å²) < 4.78 is 33.8. The lowest BCUT2D eigenvalue weighted by Crippen LogP contribution is -2.35. The maximum atomic E-state index is 13.1. The van der Waals surface area contributed by atoms with Crippen molar-refractivity contribution in [1.82, 2.24) is 4.31 Å². The molecule has 1 amide bonds. The monoisotopic (exact) mass is 478 g/mol. The Morgan fingerprint density at radius 3 is 2.45 bits per heavy atom. The molecule has 154 valence electrons. The predicted octanol–water partition coefficient (Wildman–Crippen LogP) is 4.28. The number of piperidine rings is 1. The number of hydrogen-bond acceptors (Lipinski definition) is 4. The van der Waals surface area contributed by atoms with Gasteiger partial charge >= 0.3 is 0 Å². The molecule has 2 aromatic rings. The van der Waals surface area contributed by atoms with E-state index in [9.17, 15) is 13.2 Å². The zero-order valence-corrected chi connectivity index (χ0v) is 18.5. The molecule has 1 N–H and O–H groups in total. The molecule has 0 aliphatic carbocycles. The summed E-state index contributed by atoms with van der Waals surface area (Å²) in [5.74, 6) is -0.00406. The van der Waals surface area contributed by atoms with Crippen molar-refractivity contribution in [3.8, 4) is 5.75 Å². The number of rotatable bonds is 6. The fourth-order valence-electron chi connectivity index (χ4n) is 3.13. The van der Waals surface area contributed by atoms with E-state index >= 15 is 0 Å². The first kappa shape index (κ1) is 21.5. The summed E-state index contributed by atoms with van der Waals surface area (Å²) in [5.41, 5.74) is 1.28. The second kappa shape index (κ2) is 9.56. The van der Waals surface area contributed by atoms with E-state index in [1.54, 1.807) is 36.4 Å². The van der Waals surface area contributed by atoms with Crippen LogP contribution in [0.2, 0.25) is 0 Å². The molecule has 2 aromatic carbocycles. The largest absolute Gasteiger partial charge is 0.495 e. The van der Waals surface area contributed by atoms with Gasteiger partial charge in [0.05, 0.1) is 7.11 Å². The van der Waals surface area contributed by atoms with Crippen molar-refractivity contribution >= 4 is 43.6 Å². The summed E-state index contributed by atoms with van der Waals surface area (Å²) in [7, 11) is -2.20. The van der Waals surface area contributed by atoms with Gasteiger partial charge in [0.25, 0.3) is 0 Å². The highest BCUT2D eigenvalue weighted by Gasteiger charge is 2.28. The van der Waals surface area contributed by atoms with Crippen LogP contribution >= 0.6 is 15.9 Å². The molecule has 1 heterocycles. The van der Waals surface area contributed by atoms with Crippen LogP contribution in [0.3, 0.4) is 0 Å². The molecule has 3 rings (SSSR count). The molecule has 0 unspecified atom stereocenters. The molecule has 8 heteroatoms. The van der Waals surface area contributed by atoms with Crippen LogP contribution in [0.15, 0.2) is 57.9 Å². The Kier molecular flexibility index (Phi) is 7.10. The van der Waals surface area contributed by atoms with Crippen LogP contribution in [-0.2, 0) is 14.8 Å². The fourth-order valence-corrected chi connectivity index (χ4v) is 5.10. The van der Waals surface area contributed by atoms with Gasteiger partial charge in [-0.05, 0) is 60.9 Å². The number of carbonyl (C=O) groups is 1. The minimum atomic E-state index is -3.65. The summed E-state index contributed by atoms with van der Waals surface area (Å²) >= 11 is 3.35. The minimum absolute atomic E-state index is 0.123. The zero-order valence-electron chi connectivity index (χ0n) is 16.1. The van der Waals surface area contributed by atoms with Crippen LogP contribution in [0, 0.1) is 0 Å². The quantitative estimate of drug-likeness (QED) is 0.628. The van der Waals surface area contributed by atoms with Crippen molar-refractivity contribution < 1.29 is 17.9 Å². The Morgan fingerprint density at radius 2 is 1.79 bits per heavy atom. The number of nitrogens with one attached hydrogen (secondary N) is 1. The Labute approximate surface area is 179 Å². The number of halogens is 1. The summed E-state index contributed by atoms with van der Waals surface area (Å²) in [6.45, 7) is 1.03. The van der Waals surface area contributed by atoms with E-state index in [1.165, 1.54) is 17.5 Å². The van der Waals surface area contributed by atoms with Gasteiger partial charge in [-0.25, -0.2) is 8.42 Å². The molecule has 29 heavy (non-hydrogen) atoms. The second-order valence-electron chi connectivity index (χ2n) is 6.70. The number of nitrogens with zero attached hydrogens (tertiary/aromatic N) is 1. The molecule has 0 aromatic heterocycles. The number of ether oxygens (including phenoxy) is 1. The smallest absolute Gasteiger partial charge is 0.248 e. The lowest BCUT2D eigenvalue weighted by Gasteiger charge is -2.26. The van der Waals surface area contributed by atoms with E-state index in [1.807, 2.05) is 12.1 Å². The summed E-state index contributed by atoms with van der Waals surface area (Å²) in [5, 5.41) is 2.76. The number of anilines is 1. The van der Waals surface area contributed by atoms with Crippen molar-refractivity contribution in [1.29, 1.82) is 0 Å². The van der Waals surface area contributed by atoms with Crippen LogP contribution in [0.1, 0.15) is 24.8 Å². The summed E-state index contributed by atoms with van der Waals surface area (Å²) in [6, 6.07) is 12.1. The van der Waals surface area contributed by atoms with Crippen LogP contribution in [0.4, 0.5) is 5.69 Å². The standard InChI is InChI=1S/C21H23BrN2O4S/c1-28-19-11-5-16(6-12-21(25)23-18-9-7-17(22)8-10-18)15-20(19)29(26,27)24-13-3-2-4-14-24/h5-12,15H,2-4,13-14H2,1H3,(H,23,25). The van der Waals surface area contributed by atoms with Gasteiger partial charge in [-0.2, -0.15) is 4.31 Å². The zero-order chi connectivity index (χ0) is 20.9. The van der Waals surface area contributed by atoms with E-state index in [4.69, 9.17) is 4.74 Å². The molecular weight excluding hydrogens is 456 g/mol. The van der Waals surface area contributed by atoms with Gasteiger partial charge in [-0.15, -0.1) is 0 Å². The first-order chi connectivity index (χ1) is 13.9. The highest BCUT2D eigenvalue weighted by molar-refractivity contribution is 9.10. The maximum Gasteiger partial charge on any atom is 0.248 e. The van der Waals surface area contributed by atoms with E-state index in [-0.39, 0.29) is 10.8 Å². The lowest BCUT2D eigenvalue weighted by atomic mass is 10.2. The van der Waals surface area contributed by atoms with E-state index in [0.29, 0.717) is 30.1 Å². The topological polar surface area (TPSA) is 75.7 Å². The molecule has 0 spiro atoms. The van der Waals surface area contributed by atoms with Gasteiger partial charge in [-0.3, -0.25) is 4.79 Å². The van der Waals surface area contributed by atoms with Crippen molar-refractivity contribution in [2.45, 2.75) is 24.2 Å². The number of hydrogen-bond donors (Lipinski definition) is 1. The first-order valence-corrected chi connectivity index (χ1v) is 11.6. The average molecular weight is 479 g/mol. The Hall–Kier alpha value is -2.16. The third-order valence-corrected chi connectivity index (χ3v) is 7.11. The molecule has 1 aliphatic rings. The Morgan fingerprint density at radius 1 is 1.10 bits per heavy atom. The van der Waals surface area contributed by atoms with Gasteiger partial charge in [-0.1, -0.05) is 28.4 Å². The molecule has 1 saturated heterocycles. The Balaban J connectivity index is 1.79. The van der Waals surface area contributed by atoms with Gasteiger partial charge in [0, 0.05) is 29.3 Å². The third kappa shape index (κ3) is 5.46. The number of methoxy groups -OCH3 is 1. The highest BCUT2D eigenvalue weighted by Crippen LogP contribution is 2.30. The minimum Gasteiger partial charge on any atom is -0.495 e. The molecular formula is C21H23BrN2O4S. The third-order valence-electron chi connectivity index (χ3n) is 4.66. The van der Waals surface area contributed by atoms with Crippen LogP contribution in [0.25, 0.3) is 6.08 Å². The van der Waals surface area contributed by atoms with Crippen LogP contribution in [0.5, 0.6) is 5.75 Å². The predicted molar refractivity (Wildman–Crippen MR) is 117 cm³/mol. The maximum absolute atomic E-state index is 13.1. The molecule has 0 radical (unpaired) electrons. The van der Waals surface area contributed by atoms with Gasteiger partial charge in [0.1, 0.15) is 10.6 Å². The number of benzene rings is 2. The number of sulfonamides is 1. The summed E-state index contributed by atoms with van der Waals surface area (Å²) in [6.07, 6.45) is 5.72. The van der Waals surface area contributed by atoms with E-state index < -0.39 is 10.0 Å². The van der Waals surface area contributed by atoms with Crippen molar-refractivity contribution in [3.05, 3.63) is 58.6 Å². The molecule has 1 fully saturated rings. The first-order valence-electron chi connectivity index (χ1n) is 9.33. The van der Waals surface area contributed by atoms with Crippen molar-refractivity contribution in [3.63, 3.8) is 0 Å². The number of carbonyl (C=O) groups excluding carboxylic acids is 1. The SMILES string of the molecule is COc1ccc(C=CC(=O)Nc2ccc(Br)cc2)cc1S(=O)(=O)N1CCCCC1. The Bertz CT molecular complexity index is 998. The lowest BCUT2D eigenvalue weighted by molar-refractivity contribution is -0.111. The highest BCUT2D eigenvalue weighted by atomic mass is 79.9. The van der Waals surface area contributed by atoms with Crippen LogP contribution < -0.4 is 10.1 Å². The molecule has 1 aliphatic heterocycles. The van der Waals surface area contributed by atoms with Crippen molar-refractivity contribution in [2.24, 2.45) is 0 Å². The molecule has 0 bridgehead atoms. The van der Waals surface area contributed by atoms with Gasteiger partial charge < -0.3 is 10.1 Å². The molecule has 0 saturated carbocycles. The molecule has 0 atom stereocenters. The summed E-state index contributed by atoms with van der Waals surface area (Å²) in [4.78, 5) is 12.3. The van der Waals surface area contributed by atoms with E-state index in [0.717, 1.165) is 23.7 Å².